The molecule has 126 valence electrons. The van der Waals surface area contributed by atoms with Gasteiger partial charge in [0.05, 0.1) is 18.8 Å². The number of hydrogen-bond acceptors (Lipinski definition) is 3. The Morgan fingerprint density at radius 3 is 2.75 bits per heavy atom. The molecule has 0 heterocycles. The fourth-order valence-corrected chi connectivity index (χ4v) is 3.61. The van der Waals surface area contributed by atoms with E-state index in [4.69, 9.17) is 16.3 Å². The molecule has 1 N–H and O–H groups in total. The number of ether oxygens (including phenoxy) is 1. The number of nitrogens with one attached hydrogen (secondary N) is 1. The third kappa shape index (κ3) is 3.73. The number of benzene rings is 2. The van der Waals surface area contributed by atoms with Crippen LogP contribution in [0.3, 0.4) is 0 Å². The minimum absolute atomic E-state index is 0.0397. The zero-order valence-electron chi connectivity index (χ0n) is 13.8. The topological polar surface area (TPSA) is 38.3 Å². The van der Waals surface area contributed by atoms with Gasteiger partial charge in [0.15, 0.2) is 0 Å². The smallest absolute Gasteiger partial charge is 0.141 e. The highest BCUT2D eigenvalue weighted by molar-refractivity contribution is 6.30. The van der Waals surface area contributed by atoms with E-state index in [1.807, 2.05) is 48.5 Å². The van der Waals surface area contributed by atoms with Gasteiger partial charge in [0.2, 0.25) is 0 Å². The van der Waals surface area contributed by atoms with Gasteiger partial charge in [0.25, 0.3) is 0 Å². The molecule has 0 saturated heterocycles. The maximum atomic E-state index is 12.5. The van der Waals surface area contributed by atoms with Gasteiger partial charge in [0.1, 0.15) is 11.5 Å². The molecule has 3 nitrogen and oxygen atoms in total. The highest BCUT2D eigenvalue weighted by Crippen LogP contribution is 2.37. The maximum absolute atomic E-state index is 12.5. The van der Waals surface area contributed by atoms with Crippen molar-refractivity contribution < 1.29 is 9.53 Å². The van der Waals surface area contributed by atoms with E-state index < -0.39 is 0 Å². The lowest BCUT2D eigenvalue weighted by atomic mass is 9.80. The lowest BCUT2D eigenvalue weighted by Gasteiger charge is -2.31. The number of ketones is 1. The van der Waals surface area contributed by atoms with Gasteiger partial charge in [-0.15, -0.1) is 0 Å². The van der Waals surface area contributed by atoms with Crippen molar-refractivity contribution in [1.29, 1.82) is 0 Å². The van der Waals surface area contributed by atoms with Crippen LogP contribution in [-0.4, -0.2) is 12.9 Å². The summed E-state index contributed by atoms with van der Waals surface area (Å²) >= 11 is 6.19. The van der Waals surface area contributed by atoms with Crippen molar-refractivity contribution in [3.05, 3.63) is 59.1 Å². The lowest BCUT2D eigenvalue weighted by Crippen LogP contribution is -2.30. The van der Waals surface area contributed by atoms with E-state index in [0.29, 0.717) is 17.2 Å². The van der Waals surface area contributed by atoms with Gasteiger partial charge in [-0.1, -0.05) is 42.3 Å². The second-order valence-corrected chi connectivity index (χ2v) is 6.63. The van der Waals surface area contributed by atoms with Gasteiger partial charge >= 0.3 is 0 Å². The minimum atomic E-state index is -0.104. The third-order valence-corrected chi connectivity index (χ3v) is 4.87. The molecule has 0 radical (unpaired) electrons. The summed E-state index contributed by atoms with van der Waals surface area (Å²) in [5.41, 5.74) is 1.93. The summed E-state index contributed by atoms with van der Waals surface area (Å²) in [6.45, 7) is 0. The van der Waals surface area contributed by atoms with Crippen LogP contribution in [0.4, 0.5) is 5.69 Å². The van der Waals surface area contributed by atoms with Crippen LogP contribution in [0.2, 0.25) is 5.02 Å². The zero-order valence-corrected chi connectivity index (χ0v) is 14.6. The molecule has 0 spiro atoms. The van der Waals surface area contributed by atoms with Crippen LogP contribution in [-0.2, 0) is 4.79 Å². The van der Waals surface area contributed by atoms with E-state index in [1.54, 1.807) is 7.11 Å². The van der Waals surface area contributed by atoms with Gasteiger partial charge in [-0.05, 0) is 42.7 Å². The Balaban J connectivity index is 1.96. The number of methoxy groups -OCH3 is 1. The predicted octanol–water partition coefficient (Wildman–Crippen LogP) is 5.26. The Morgan fingerprint density at radius 2 is 2.00 bits per heavy atom. The van der Waals surface area contributed by atoms with Crippen molar-refractivity contribution in [1.82, 2.24) is 0 Å². The monoisotopic (exact) mass is 343 g/mol. The summed E-state index contributed by atoms with van der Waals surface area (Å²) < 4.78 is 5.45. The Hall–Kier alpha value is -2.00. The summed E-state index contributed by atoms with van der Waals surface area (Å²) in [5.74, 6) is 1.06. The fraction of sp³-hybridized carbons (Fsp3) is 0.350. The largest absolute Gasteiger partial charge is 0.495 e. The van der Waals surface area contributed by atoms with E-state index in [1.165, 1.54) is 0 Å². The Kier molecular flexibility index (Phi) is 5.41. The van der Waals surface area contributed by atoms with Gasteiger partial charge in [0, 0.05) is 17.4 Å². The standard InChI is InChI=1S/C20H22ClNO2/c1-24-19-12-5-3-10-17(19)22-20(14-7-6-8-15(21)13-14)16-9-2-4-11-18(16)23/h3,5-8,10,12-13,16,20,22H,2,4,9,11H2,1H3. The molecule has 0 aromatic heterocycles. The van der Waals surface area contributed by atoms with E-state index in [2.05, 4.69) is 5.32 Å². The first kappa shape index (κ1) is 16.8. The van der Waals surface area contributed by atoms with Crippen LogP contribution >= 0.6 is 11.6 Å². The van der Waals surface area contributed by atoms with Crippen molar-refractivity contribution in [2.45, 2.75) is 31.7 Å². The van der Waals surface area contributed by atoms with Crippen LogP contribution in [0.15, 0.2) is 48.5 Å². The normalized spacial score (nSPS) is 18.9. The highest BCUT2D eigenvalue weighted by atomic mass is 35.5. The Labute approximate surface area is 148 Å². The molecule has 1 aliphatic rings. The summed E-state index contributed by atoms with van der Waals surface area (Å²) in [5, 5.41) is 4.22. The zero-order chi connectivity index (χ0) is 16.9. The summed E-state index contributed by atoms with van der Waals surface area (Å²) in [6, 6.07) is 15.4. The van der Waals surface area contributed by atoms with Crippen LogP contribution in [0.25, 0.3) is 0 Å². The number of carbonyl (C=O) groups excluding carboxylic acids is 1. The molecule has 2 aromatic rings. The van der Waals surface area contributed by atoms with Crippen LogP contribution < -0.4 is 10.1 Å². The molecule has 1 fully saturated rings. The van der Waals surface area contributed by atoms with Gasteiger partial charge in [-0.25, -0.2) is 0 Å². The first-order valence-electron chi connectivity index (χ1n) is 8.37. The first-order valence-corrected chi connectivity index (χ1v) is 8.74. The average Bonchev–Trinajstić information content (AvgIpc) is 2.61. The summed E-state index contributed by atoms with van der Waals surface area (Å²) in [7, 11) is 1.65. The molecule has 2 aromatic carbocycles. The SMILES string of the molecule is COc1ccccc1NC(c1cccc(Cl)c1)C1CCCCC1=O. The summed E-state index contributed by atoms with van der Waals surface area (Å²) in [4.78, 5) is 12.5. The Morgan fingerprint density at radius 1 is 1.17 bits per heavy atom. The summed E-state index contributed by atoms with van der Waals surface area (Å²) in [6.07, 6.45) is 3.64. The molecule has 0 bridgehead atoms. The fourth-order valence-electron chi connectivity index (χ4n) is 3.41. The Bertz CT molecular complexity index is 716. The van der Waals surface area contributed by atoms with Crippen molar-refractivity contribution in [3.8, 4) is 5.75 Å². The molecular formula is C20H22ClNO2. The van der Waals surface area contributed by atoms with Crippen LogP contribution in [0.1, 0.15) is 37.3 Å². The van der Waals surface area contributed by atoms with Crippen molar-refractivity contribution in [2.24, 2.45) is 5.92 Å². The van der Waals surface area contributed by atoms with Crippen LogP contribution in [0.5, 0.6) is 5.75 Å². The molecule has 4 heteroatoms. The molecule has 0 aliphatic heterocycles. The second-order valence-electron chi connectivity index (χ2n) is 6.20. The minimum Gasteiger partial charge on any atom is -0.495 e. The molecule has 1 aliphatic carbocycles. The van der Waals surface area contributed by atoms with Gasteiger partial charge in [-0.2, -0.15) is 0 Å². The van der Waals surface area contributed by atoms with Crippen LogP contribution in [0, 0.1) is 5.92 Å². The number of carbonyl (C=O) groups is 1. The van der Waals surface area contributed by atoms with E-state index in [-0.39, 0.29) is 12.0 Å². The van der Waals surface area contributed by atoms with Crippen molar-refractivity contribution in [3.63, 3.8) is 0 Å². The number of rotatable bonds is 5. The molecule has 1 saturated carbocycles. The van der Waals surface area contributed by atoms with Crippen molar-refractivity contribution in [2.75, 3.05) is 12.4 Å². The first-order chi connectivity index (χ1) is 11.7. The van der Waals surface area contributed by atoms with E-state index in [0.717, 1.165) is 36.3 Å². The average molecular weight is 344 g/mol. The number of anilines is 1. The number of halogens is 1. The number of Topliss-reactive ketones (excluding diaryl/α,β-unsaturated/α-hetero) is 1. The van der Waals surface area contributed by atoms with E-state index in [9.17, 15) is 4.79 Å². The number of para-hydroxylation sites is 2. The molecule has 0 amide bonds. The van der Waals surface area contributed by atoms with E-state index >= 15 is 0 Å². The highest BCUT2D eigenvalue weighted by Gasteiger charge is 2.31. The lowest BCUT2D eigenvalue weighted by molar-refractivity contribution is -0.125. The van der Waals surface area contributed by atoms with Gasteiger partial charge < -0.3 is 10.1 Å². The quantitative estimate of drug-likeness (QED) is 0.804. The molecular weight excluding hydrogens is 322 g/mol. The molecule has 24 heavy (non-hydrogen) atoms. The van der Waals surface area contributed by atoms with Gasteiger partial charge in [-0.3, -0.25) is 4.79 Å². The third-order valence-electron chi connectivity index (χ3n) is 4.63. The maximum Gasteiger partial charge on any atom is 0.141 e. The predicted molar refractivity (Wildman–Crippen MR) is 97.8 cm³/mol. The molecule has 2 atom stereocenters. The van der Waals surface area contributed by atoms with Crippen molar-refractivity contribution >= 4 is 23.1 Å². The molecule has 2 unspecified atom stereocenters. The molecule has 3 rings (SSSR count). The number of hydrogen-bond donors (Lipinski definition) is 1. The second kappa shape index (κ2) is 7.71.